The third-order valence-corrected chi connectivity index (χ3v) is 4.24. The number of methoxy groups -OCH3 is 1. The van der Waals surface area contributed by atoms with Crippen molar-refractivity contribution in [2.45, 2.75) is 32.2 Å². The van der Waals surface area contributed by atoms with Gasteiger partial charge in [-0.15, -0.1) is 0 Å². The van der Waals surface area contributed by atoms with Gasteiger partial charge in [-0.1, -0.05) is 37.3 Å². The number of hydrogen-bond acceptors (Lipinski definition) is 3. The molecular formula is C20H23NO4. The Balaban J connectivity index is 2.40. The van der Waals surface area contributed by atoms with Gasteiger partial charge in [-0.25, -0.2) is 0 Å². The number of amides is 1. The molecule has 5 heteroatoms. The lowest BCUT2D eigenvalue weighted by Crippen LogP contribution is -2.45. The summed E-state index contributed by atoms with van der Waals surface area (Å²) in [5.74, 6) is -0.671. The second kappa shape index (κ2) is 7.83. The molecule has 0 heterocycles. The zero-order valence-electron chi connectivity index (χ0n) is 14.7. The van der Waals surface area contributed by atoms with Crippen LogP contribution in [0.5, 0.6) is 5.75 Å². The zero-order chi connectivity index (χ0) is 18.4. The van der Waals surface area contributed by atoms with Crippen molar-refractivity contribution in [1.29, 1.82) is 0 Å². The van der Waals surface area contributed by atoms with Crippen molar-refractivity contribution in [2.24, 2.45) is 0 Å². The Hall–Kier alpha value is -2.82. The maximum atomic E-state index is 12.8. The standard InChI is InChI=1S/C20H23NO4/c1-4-14-8-5-6-11-17(14)19(24)21-20(2,13-18(22)23)15-9-7-10-16(12-15)25-3/h5-12H,4,13H2,1-3H3,(H,21,24)(H,22,23). The van der Waals surface area contributed by atoms with Crippen molar-refractivity contribution >= 4 is 11.9 Å². The first kappa shape index (κ1) is 18.5. The van der Waals surface area contributed by atoms with Crippen LogP contribution in [-0.4, -0.2) is 24.1 Å². The van der Waals surface area contributed by atoms with Crippen molar-refractivity contribution in [1.82, 2.24) is 5.32 Å². The molecule has 2 rings (SSSR count). The molecule has 1 amide bonds. The quantitative estimate of drug-likeness (QED) is 0.809. The monoisotopic (exact) mass is 341 g/mol. The fourth-order valence-corrected chi connectivity index (χ4v) is 2.86. The third kappa shape index (κ3) is 4.38. The van der Waals surface area contributed by atoms with Crippen LogP contribution in [0.4, 0.5) is 0 Å². The molecule has 2 aromatic rings. The smallest absolute Gasteiger partial charge is 0.306 e. The molecule has 1 atom stereocenters. The van der Waals surface area contributed by atoms with E-state index in [1.165, 1.54) is 0 Å². The molecule has 0 aliphatic rings. The molecule has 0 radical (unpaired) electrons. The van der Waals surface area contributed by atoms with Crippen molar-refractivity contribution in [3.05, 3.63) is 65.2 Å². The van der Waals surface area contributed by atoms with Gasteiger partial charge in [-0.3, -0.25) is 9.59 Å². The molecule has 1 unspecified atom stereocenters. The van der Waals surface area contributed by atoms with Crippen LogP contribution in [0.2, 0.25) is 0 Å². The van der Waals surface area contributed by atoms with E-state index in [0.29, 0.717) is 16.9 Å². The van der Waals surface area contributed by atoms with E-state index >= 15 is 0 Å². The molecule has 2 aromatic carbocycles. The lowest BCUT2D eigenvalue weighted by atomic mass is 9.87. The summed E-state index contributed by atoms with van der Waals surface area (Å²) in [7, 11) is 1.55. The maximum absolute atomic E-state index is 12.8. The Bertz CT molecular complexity index is 772. The van der Waals surface area contributed by atoms with Gasteiger partial charge in [-0.05, 0) is 42.7 Å². The second-order valence-corrected chi connectivity index (χ2v) is 6.10. The van der Waals surface area contributed by atoms with E-state index in [1.54, 1.807) is 50.4 Å². The summed E-state index contributed by atoms with van der Waals surface area (Å²) < 4.78 is 5.22. The van der Waals surface area contributed by atoms with Gasteiger partial charge < -0.3 is 15.2 Å². The molecular weight excluding hydrogens is 318 g/mol. The highest BCUT2D eigenvalue weighted by molar-refractivity contribution is 5.96. The lowest BCUT2D eigenvalue weighted by molar-refractivity contribution is -0.138. The predicted octanol–water partition coefficient (Wildman–Crippen LogP) is 3.38. The average Bonchev–Trinajstić information content (AvgIpc) is 2.60. The first-order valence-corrected chi connectivity index (χ1v) is 8.16. The fraction of sp³-hybridized carbons (Fsp3) is 0.300. The molecule has 0 aliphatic carbocycles. The molecule has 5 nitrogen and oxygen atoms in total. The number of carboxylic acids is 1. The molecule has 0 fully saturated rings. The normalized spacial score (nSPS) is 12.9. The largest absolute Gasteiger partial charge is 0.497 e. The van der Waals surface area contributed by atoms with Crippen LogP contribution in [-0.2, 0) is 16.8 Å². The highest BCUT2D eigenvalue weighted by atomic mass is 16.5. The molecule has 0 saturated carbocycles. The average molecular weight is 341 g/mol. The first-order valence-electron chi connectivity index (χ1n) is 8.16. The van der Waals surface area contributed by atoms with E-state index in [4.69, 9.17) is 4.74 Å². The molecule has 0 saturated heterocycles. The summed E-state index contributed by atoms with van der Waals surface area (Å²) in [6, 6.07) is 14.4. The van der Waals surface area contributed by atoms with E-state index < -0.39 is 11.5 Å². The molecule has 0 aromatic heterocycles. The summed E-state index contributed by atoms with van der Waals surface area (Å²) in [4.78, 5) is 24.2. The van der Waals surface area contributed by atoms with Crippen LogP contribution >= 0.6 is 0 Å². The number of carbonyl (C=O) groups excluding carboxylic acids is 1. The number of aryl methyl sites for hydroxylation is 1. The molecule has 0 spiro atoms. The van der Waals surface area contributed by atoms with Gasteiger partial charge >= 0.3 is 5.97 Å². The fourth-order valence-electron chi connectivity index (χ4n) is 2.86. The van der Waals surface area contributed by atoms with Crippen LogP contribution < -0.4 is 10.1 Å². The molecule has 25 heavy (non-hydrogen) atoms. The third-order valence-electron chi connectivity index (χ3n) is 4.24. The van der Waals surface area contributed by atoms with Crippen LogP contribution in [0.25, 0.3) is 0 Å². The van der Waals surface area contributed by atoms with Crippen molar-refractivity contribution < 1.29 is 19.4 Å². The minimum Gasteiger partial charge on any atom is -0.497 e. The Labute approximate surface area is 147 Å². The minimum atomic E-state index is -1.06. The molecule has 2 N–H and O–H groups in total. The zero-order valence-corrected chi connectivity index (χ0v) is 14.7. The van der Waals surface area contributed by atoms with E-state index in [0.717, 1.165) is 12.0 Å². The Morgan fingerprint density at radius 2 is 1.88 bits per heavy atom. The molecule has 0 bridgehead atoms. The highest BCUT2D eigenvalue weighted by Gasteiger charge is 2.32. The summed E-state index contributed by atoms with van der Waals surface area (Å²) in [6.07, 6.45) is 0.485. The Morgan fingerprint density at radius 3 is 2.52 bits per heavy atom. The summed E-state index contributed by atoms with van der Waals surface area (Å²) in [5.41, 5.74) is 1.10. The van der Waals surface area contributed by atoms with Crippen LogP contribution in [0, 0.1) is 0 Å². The van der Waals surface area contributed by atoms with Crippen molar-refractivity contribution in [3.8, 4) is 5.75 Å². The number of benzene rings is 2. The summed E-state index contributed by atoms with van der Waals surface area (Å²) in [5, 5.41) is 12.2. The number of rotatable bonds is 7. The van der Waals surface area contributed by atoms with Gasteiger partial charge in [0.05, 0.1) is 19.1 Å². The van der Waals surface area contributed by atoms with Crippen LogP contribution in [0.15, 0.2) is 48.5 Å². The summed E-state index contributed by atoms with van der Waals surface area (Å²) in [6.45, 7) is 3.69. The van der Waals surface area contributed by atoms with E-state index in [2.05, 4.69) is 5.32 Å². The molecule has 0 aliphatic heterocycles. The molecule has 132 valence electrons. The minimum absolute atomic E-state index is 0.236. The van der Waals surface area contributed by atoms with E-state index in [-0.39, 0.29) is 12.3 Å². The van der Waals surface area contributed by atoms with Gasteiger partial charge in [0.15, 0.2) is 0 Å². The number of carboxylic acid groups (broad SMARTS) is 1. The van der Waals surface area contributed by atoms with Crippen molar-refractivity contribution in [2.75, 3.05) is 7.11 Å². The van der Waals surface area contributed by atoms with Gasteiger partial charge in [0, 0.05) is 5.56 Å². The number of hydrogen-bond donors (Lipinski definition) is 2. The summed E-state index contributed by atoms with van der Waals surface area (Å²) >= 11 is 0. The lowest BCUT2D eigenvalue weighted by Gasteiger charge is -2.30. The van der Waals surface area contributed by atoms with Crippen LogP contribution in [0.1, 0.15) is 41.8 Å². The Kier molecular flexibility index (Phi) is 5.80. The topological polar surface area (TPSA) is 75.6 Å². The van der Waals surface area contributed by atoms with Crippen LogP contribution in [0.3, 0.4) is 0 Å². The second-order valence-electron chi connectivity index (χ2n) is 6.10. The number of nitrogens with one attached hydrogen (secondary N) is 1. The van der Waals surface area contributed by atoms with E-state index in [9.17, 15) is 14.7 Å². The van der Waals surface area contributed by atoms with Gasteiger partial charge in [0.2, 0.25) is 0 Å². The maximum Gasteiger partial charge on any atom is 0.306 e. The van der Waals surface area contributed by atoms with E-state index in [1.807, 2.05) is 19.1 Å². The van der Waals surface area contributed by atoms with Gasteiger partial charge in [0.1, 0.15) is 5.75 Å². The number of carbonyl (C=O) groups is 2. The van der Waals surface area contributed by atoms with Crippen molar-refractivity contribution in [3.63, 3.8) is 0 Å². The highest BCUT2D eigenvalue weighted by Crippen LogP contribution is 2.28. The number of aliphatic carboxylic acids is 1. The van der Waals surface area contributed by atoms with Gasteiger partial charge in [0.25, 0.3) is 5.91 Å². The first-order chi connectivity index (χ1) is 11.9. The Morgan fingerprint density at radius 1 is 1.16 bits per heavy atom. The number of ether oxygens (including phenoxy) is 1. The SMILES string of the molecule is CCc1ccccc1C(=O)NC(C)(CC(=O)O)c1cccc(OC)c1. The predicted molar refractivity (Wildman–Crippen MR) is 95.9 cm³/mol. The van der Waals surface area contributed by atoms with Gasteiger partial charge in [-0.2, -0.15) is 0 Å².